The van der Waals surface area contributed by atoms with E-state index in [0.29, 0.717) is 12.1 Å². The zero-order chi connectivity index (χ0) is 19.5. The number of nitrogens with one attached hydrogen (secondary N) is 1. The van der Waals surface area contributed by atoms with E-state index in [4.69, 9.17) is 0 Å². The van der Waals surface area contributed by atoms with E-state index < -0.39 is 0 Å². The molecule has 28 heavy (non-hydrogen) atoms. The van der Waals surface area contributed by atoms with Crippen LogP contribution in [0.1, 0.15) is 38.9 Å². The van der Waals surface area contributed by atoms with Gasteiger partial charge < -0.3 is 10.2 Å². The summed E-state index contributed by atoms with van der Waals surface area (Å²) in [5.41, 5.74) is 4.61. The van der Waals surface area contributed by atoms with E-state index in [9.17, 15) is 9.59 Å². The highest BCUT2D eigenvalue weighted by Gasteiger charge is 2.25. The number of carbonyl (C=O) groups excluding carboxylic acids is 2. The monoisotopic (exact) mass is 371 g/mol. The summed E-state index contributed by atoms with van der Waals surface area (Å²) in [6.45, 7) is 2.68. The van der Waals surface area contributed by atoms with Gasteiger partial charge in [0.15, 0.2) is 0 Å². The fourth-order valence-electron chi connectivity index (χ4n) is 3.53. The number of benzene rings is 2. The molecular weight excluding hydrogens is 350 g/mol. The van der Waals surface area contributed by atoms with Crippen molar-refractivity contribution < 1.29 is 9.59 Å². The quantitative estimate of drug-likeness (QED) is 0.751. The second-order valence-electron chi connectivity index (χ2n) is 6.73. The predicted molar refractivity (Wildman–Crippen MR) is 110 cm³/mol. The van der Waals surface area contributed by atoms with E-state index in [-0.39, 0.29) is 17.5 Å². The Morgan fingerprint density at radius 2 is 1.86 bits per heavy atom. The molecule has 0 saturated carbocycles. The average Bonchev–Trinajstić information content (AvgIpc) is 3.18. The average molecular weight is 371 g/mol. The van der Waals surface area contributed by atoms with Gasteiger partial charge in [0.05, 0.1) is 0 Å². The molecule has 0 unspecified atom stereocenters. The number of aryl methyl sites for hydroxylation is 1. The molecule has 0 spiro atoms. The van der Waals surface area contributed by atoms with Crippen molar-refractivity contribution >= 4 is 23.2 Å². The Morgan fingerprint density at radius 3 is 2.71 bits per heavy atom. The third-order valence-corrected chi connectivity index (χ3v) is 5.02. The second kappa shape index (κ2) is 7.64. The Balaban J connectivity index is 1.56. The van der Waals surface area contributed by atoms with Crippen LogP contribution in [0, 0.1) is 0 Å². The molecule has 0 atom stereocenters. The highest BCUT2D eigenvalue weighted by atomic mass is 16.2. The van der Waals surface area contributed by atoms with Crippen LogP contribution >= 0.6 is 0 Å². The molecule has 2 amide bonds. The molecule has 1 N–H and O–H groups in total. The Bertz CT molecular complexity index is 1050. The van der Waals surface area contributed by atoms with Crippen LogP contribution in [0.15, 0.2) is 66.9 Å². The van der Waals surface area contributed by atoms with Gasteiger partial charge in [0.1, 0.15) is 5.69 Å². The molecule has 2 aromatic carbocycles. The van der Waals surface area contributed by atoms with Gasteiger partial charge in [-0.05, 0) is 48.2 Å². The van der Waals surface area contributed by atoms with Crippen molar-refractivity contribution in [3.05, 3.63) is 89.2 Å². The van der Waals surface area contributed by atoms with Gasteiger partial charge >= 0.3 is 0 Å². The molecule has 140 valence electrons. The molecule has 0 aliphatic carbocycles. The normalized spacial score (nSPS) is 12.5. The van der Waals surface area contributed by atoms with E-state index in [0.717, 1.165) is 29.8 Å². The van der Waals surface area contributed by atoms with Crippen LogP contribution in [-0.4, -0.2) is 23.3 Å². The molecule has 1 aromatic heterocycles. The minimum absolute atomic E-state index is 0.115. The molecule has 5 heteroatoms. The number of aromatic nitrogens is 1. The van der Waals surface area contributed by atoms with E-state index >= 15 is 0 Å². The maximum absolute atomic E-state index is 13.0. The lowest BCUT2D eigenvalue weighted by Gasteiger charge is -2.17. The zero-order valence-corrected chi connectivity index (χ0v) is 15.7. The number of amides is 2. The Kier molecular flexibility index (Phi) is 4.89. The largest absolute Gasteiger partial charge is 0.320 e. The number of rotatable bonds is 4. The van der Waals surface area contributed by atoms with E-state index in [1.54, 1.807) is 17.0 Å². The molecule has 1 aliphatic rings. The molecular formula is C23H21N3O2. The first-order valence-electron chi connectivity index (χ1n) is 9.42. The van der Waals surface area contributed by atoms with Crippen LogP contribution < -0.4 is 10.2 Å². The minimum Gasteiger partial charge on any atom is -0.320 e. The standard InChI is InChI=1S/C23H21N3O2/c1-2-16-7-3-5-9-19(16)25-22(27)20-15-18(11-13-24-20)23(28)26-14-12-17-8-4-6-10-21(17)26/h3-11,13,15H,2,12,14H2,1H3,(H,25,27). The third-order valence-electron chi connectivity index (χ3n) is 5.02. The summed E-state index contributed by atoms with van der Waals surface area (Å²) in [4.78, 5) is 31.6. The van der Waals surface area contributed by atoms with Crippen LogP contribution in [0.25, 0.3) is 0 Å². The van der Waals surface area contributed by atoms with Gasteiger partial charge in [0, 0.05) is 29.7 Å². The number of anilines is 2. The number of para-hydroxylation sites is 2. The molecule has 1 aliphatic heterocycles. The summed E-state index contributed by atoms with van der Waals surface area (Å²) in [5.74, 6) is -0.437. The van der Waals surface area contributed by atoms with Gasteiger partial charge in [-0.3, -0.25) is 14.6 Å². The first-order chi connectivity index (χ1) is 13.7. The highest BCUT2D eigenvalue weighted by Crippen LogP contribution is 2.28. The highest BCUT2D eigenvalue weighted by molar-refractivity contribution is 6.09. The van der Waals surface area contributed by atoms with E-state index in [1.807, 2.05) is 55.5 Å². The van der Waals surface area contributed by atoms with Crippen LogP contribution in [0.2, 0.25) is 0 Å². The summed E-state index contributed by atoms with van der Waals surface area (Å²) in [7, 11) is 0. The maximum Gasteiger partial charge on any atom is 0.274 e. The van der Waals surface area contributed by atoms with Crippen molar-refractivity contribution in [3.63, 3.8) is 0 Å². The number of hydrogen-bond donors (Lipinski definition) is 1. The summed E-state index contributed by atoms with van der Waals surface area (Å²) >= 11 is 0. The van der Waals surface area contributed by atoms with Gasteiger partial charge in [-0.2, -0.15) is 0 Å². The van der Waals surface area contributed by atoms with Gasteiger partial charge in [0.2, 0.25) is 0 Å². The smallest absolute Gasteiger partial charge is 0.274 e. The molecule has 5 nitrogen and oxygen atoms in total. The van der Waals surface area contributed by atoms with Crippen LogP contribution in [0.3, 0.4) is 0 Å². The molecule has 0 fully saturated rings. The zero-order valence-electron chi connectivity index (χ0n) is 15.7. The predicted octanol–water partition coefficient (Wildman–Crippen LogP) is 4.10. The summed E-state index contributed by atoms with van der Waals surface area (Å²) in [6, 6.07) is 18.8. The minimum atomic E-state index is -0.322. The fraction of sp³-hybridized carbons (Fsp3) is 0.174. The van der Waals surface area contributed by atoms with Crippen molar-refractivity contribution in [3.8, 4) is 0 Å². The number of pyridine rings is 1. The summed E-state index contributed by atoms with van der Waals surface area (Å²) in [5, 5.41) is 2.90. The molecule has 2 heterocycles. The molecule has 0 saturated heterocycles. The van der Waals surface area contributed by atoms with Crippen molar-refractivity contribution in [1.29, 1.82) is 0 Å². The summed E-state index contributed by atoms with van der Waals surface area (Å²) in [6.07, 6.45) is 3.17. The van der Waals surface area contributed by atoms with Crippen LogP contribution in [0.4, 0.5) is 11.4 Å². The topological polar surface area (TPSA) is 62.3 Å². The summed E-state index contributed by atoms with van der Waals surface area (Å²) < 4.78 is 0. The van der Waals surface area contributed by atoms with E-state index in [1.165, 1.54) is 11.8 Å². The number of carbonyl (C=O) groups is 2. The lowest BCUT2D eigenvalue weighted by atomic mass is 10.1. The Labute approximate surface area is 164 Å². The number of hydrogen-bond acceptors (Lipinski definition) is 3. The molecule has 0 bridgehead atoms. The van der Waals surface area contributed by atoms with Crippen molar-refractivity contribution in [1.82, 2.24) is 4.98 Å². The second-order valence-corrected chi connectivity index (χ2v) is 6.73. The van der Waals surface area contributed by atoms with Crippen LogP contribution in [0.5, 0.6) is 0 Å². The number of nitrogens with zero attached hydrogens (tertiary/aromatic N) is 2. The number of fused-ring (bicyclic) bond motifs is 1. The third kappa shape index (κ3) is 3.39. The molecule has 0 radical (unpaired) electrons. The van der Waals surface area contributed by atoms with Gasteiger partial charge in [-0.15, -0.1) is 0 Å². The lowest BCUT2D eigenvalue weighted by Crippen LogP contribution is -2.29. The van der Waals surface area contributed by atoms with Crippen LogP contribution in [-0.2, 0) is 12.8 Å². The first kappa shape index (κ1) is 17.9. The van der Waals surface area contributed by atoms with Crippen molar-refractivity contribution in [2.75, 3.05) is 16.8 Å². The van der Waals surface area contributed by atoms with Crippen molar-refractivity contribution in [2.45, 2.75) is 19.8 Å². The SMILES string of the molecule is CCc1ccccc1NC(=O)c1cc(C(=O)N2CCc3ccccc32)ccn1. The van der Waals surface area contributed by atoms with Gasteiger partial charge in [-0.25, -0.2) is 0 Å². The Hall–Kier alpha value is -3.47. The molecule has 3 aromatic rings. The van der Waals surface area contributed by atoms with Gasteiger partial charge in [0.25, 0.3) is 11.8 Å². The maximum atomic E-state index is 13.0. The lowest BCUT2D eigenvalue weighted by molar-refractivity contribution is 0.0989. The molecule has 4 rings (SSSR count). The first-order valence-corrected chi connectivity index (χ1v) is 9.42. The van der Waals surface area contributed by atoms with Gasteiger partial charge in [-0.1, -0.05) is 43.3 Å². The van der Waals surface area contributed by atoms with E-state index in [2.05, 4.69) is 10.3 Å². The fourth-order valence-corrected chi connectivity index (χ4v) is 3.53. The Morgan fingerprint density at radius 1 is 1.07 bits per heavy atom. The van der Waals surface area contributed by atoms with Crippen molar-refractivity contribution in [2.24, 2.45) is 0 Å².